The second-order valence-corrected chi connectivity index (χ2v) is 5.17. The fraction of sp³-hybridized carbons (Fsp3) is 0.600. The average Bonchev–Trinajstić information content (AvgIpc) is 2.30. The monoisotopic (exact) mass is 249 g/mol. The largest absolute Gasteiger partial charge is 0.399 e. The highest BCUT2D eigenvalue weighted by molar-refractivity contribution is 5.46. The van der Waals surface area contributed by atoms with E-state index in [1.54, 1.807) is 0 Å². The molecular formula is C15H23NO2. The molecule has 3 nitrogen and oxygen atoms in total. The van der Waals surface area contributed by atoms with Crippen LogP contribution >= 0.6 is 0 Å². The van der Waals surface area contributed by atoms with E-state index >= 15 is 0 Å². The maximum absolute atomic E-state index is 5.95. The van der Waals surface area contributed by atoms with Crippen molar-refractivity contribution in [2.45, 2.75) is 51.4 Å². The third-order valence-corrected chi connectivity index (χ3v) is 3.43. The van der Waals surface area contributed by atoms with Crippen LogP contribution in [0.25, 0.3) is 0 Å². The van der Waals surface area contributed by atoms with E-state index in [-0.39, 0.29) is 0 Å². The number of anilines is 1. The number of nitrogens with two attached hydrogens (primary N) is 1. The van der Waals surface area contributed by atoms with Crippen LogP contribution in [0.2, 0.25) is 0 Å². The van der Waals surface area contributed by atoms with Crippen LogP contribution in [0.4, 0.5) is 5.69 Å². The Labute approximate surface area is 109 Å². The summed E-state index contributed by atoms with van der Waals surface area (Å²) in [6.45, 7) is 4.96. The summed E-state index contributed by atoms with van der Waals surface area (Å²) in [6.07, 6.45) is 3.81. The van der Waals surface area contributed by atoms with E-state index in [9.17, 15) is 0 Å². The smallest absolute Gasteiger partial charge is 0.0624 e. The minimum Gasteiger partial charge on any atom is -0.399 e. The molecule has 100 valence electrons. The SMILES string of the molecule is CC1CC(OCCc2ccccc2N)CC(C)O1. The van der Waals surface area contributed by atoms with Gasteiger partial charge >= 0.3 is 0 Å². The summed E-state index contributed by atoms with van der Waals surface area (Å²) in [5, 5.41) is 0. The van der Waals surface area contributed by atoms with Gasteiger partial charge in [0.1, 0.15) is 0 Å². The zero-order chi connectivity index (χ0) is 13.0. The number of ether oxygens (including phenoxy) is 2. The summed E-state index contributed by atoms with van der Waals surface area (Å²) < 4.78 is 11.6. The first-order valence-electron chi connectivity index (χ1n) is 6.75. The minimum atomic E-state index is 0.306. The number of hydrogen-bond donors (Lipinski definition) is 1. The van der Waals surface area contributed by atoms with Gasteiger partial charge in [0.2, 0.25) is 0 Å². The third-order valence-electron chi connectivity index (χ3n) is 3.43. The Hall–Kier alpha value is -1.06. The first kappa shape index (κ1) is 13.4. The highest BCUT2D eigenvalue weighted by Crippen LogP contribution is 2.22. The maximum Gasteiger partial charge on any atom is 0.0624 e. The van der Waals surface area contributed by atoms with E-state index in [2.05, 4.69) is 19.9 Å². The van der Waals surface area contributed by atoms with Gasteiger partial charge < -0.3 is 15.2 Å². The first-order chi connectivity index (χ1) is 8.65. The van der Waals surface area contributed by atoms with E-state index in [0.717, 1.165) is 31.6 Å². The van der Waals surface area contributed by atoms with Gasteiger partial charge in [0, 0.05) is 5.69 Å². The second kappa shape index (κ2) is 6.21. The zero-order valence-corrected chi connectivity index (χ0v) is 11.3. The molecule has 1 saturated heterocycles. The van der Waals surface area contributed by atoms with Crippen LogP contribution in [0, 0.1) is 0 Å². The molecule has 0 bridgehead atoms. The molecule has 1 aromatic rings. The van der Waals surface area contributed by atoms with E-state index in [4.69, 9.17) is 15.2 Å². The predicted octanol–water partition coefficient (Wildman–Crippen LogP) is 2.78. The number of para-hydroxylation sites is 1. The van der Waals surface area contributed by atoms with Crippen molar-refractivity contribution in [1.29, 1.82) is 0 Å². The Morgan fingerprint density at radius 3 is 2.56 bits per heavy atom. The minimum absolute atomic E-state index is 0.306. The number of nitrogen functional groups attached to an aromatic ring is 1. The molecule has 3 heteroatoms. The molecule has 0 aliphatic carbocycles. The summed E-state index contributed by atoms with van der Waals surface area (Å²) >= 11 is 0. The molecule has 1 aromatic carbocycles. The van der Waals surface area contributed by atoms with Crippen molar-refractivity contribution in [3.63, 3.8) is 0 Å². The standard InChI is InChI=1S/C15H23NO2/c1-11-9-14(10-12(2)18-11)17-8-7-13-5-3-4-6-15(13)16/h3-6,11-12,14H,7-10,16H2,1-2H3. The van der Waals surface area contributed by atoms with Crippen molar-refractivity contribution < 1.29 is 9.47 Å². The lowest BCUT2D eigenvalue weighted by Crippen LogP contribution is -2.34. The molecule has 0 aromatic heterocycles. The molecule has 0 radical (unpaired) electrons. The van der Waals surface area contributed by atoms with Gasteiger partial charge in [-0.3, -0.25) is 0 Å². The molecule has 1 aliphatic rings. The van der Waals surface area contributed by atoms with Crippen LogP contribution < -0.4 is 5.73 Å². The van der Waals surface area contributed by atoms with Crippen molar-refractivity contribution >= 4 is 5.69 Å². The molecule has 2 N–H and O–H groups in total. The van der Waals surface area contributed by atoms with E-state index < -0.39 is 0 Å². The van der Waals surface area contributed by atoms with Gasteiger partial charge in [-0.1, -0.05) is 18.2 Å². The molecular weight excluding hydrogens is 226 g/mol. The Morgan fingerprint density at radius 1 is 1.22 bits per heavy atom. The van der Waals surface area contributed by atoms with Gasteiger partial charge in [-0.05, 0) is 44.7 Å². The van der Waals surface area contributed by atoms with Crippen molar-refractivity contribution in [3.05, 3.63) is 29.8 Å². The van der Waals surface area contributed by atoms with Crippen LogP contribution in [-0.4, -0.2) is 24.9 Å². The predicted molar refractivity (Wildman–Crippen MR) is 73.5 cm³/mol. The van der Waals surface area contributed by atoms with Crippen molar-refractivity contribution in [2.24, 2.45) is 0 Å². The van der Waals surface area contributed by atoms with Gasteiger partial charge in [-0.25, -0.2) is 0 Å². The Morgan fingerprint density at radius 2 is 1.89 bits per heavy atom. The van der Waals surface area contributed by atoms with E-state index in [1.165, 1.54) is 5.56 Å². The van der Waals surface area contributed by atoms with Crippen LogP contribution in [0.5, 0.6) is 0 Å². The van der Waals surface area contributed by atoms with Crippen LogP contribution in [-0.2, 0) is 15.9 Å². The van der Waals surface area contributed by atoms with E-state index in [1.807, 2.05) is 18.2 Å². The number of benzene rings is 1. The summed E-state index contributed by atoms with van der Waals surface area (Å²) in [4.78, 5) is 0. The van der Waals surface area contributed by atoms with Crippen molar-refractivity contribution in [2.75, 3.05) is 12.3 Å². The first-order valence-corrected chi connectivity index (χ1v) is 6.75. The molecule has 2 unspecified atom stereocenters. The van der Waals surface area contributed by atoms with Crippen LogP contribution in [0.15, 0.2) is 24.3 Å². The molecule has 0 spiro atoms. The average molecular weight is 249 g/mol. The normalized spacial score (nSPS) is 28.2. The Balaban J connectivity index is 1.77. The molecule has 1 aliphatic heterocycles. The number of hydrogen-bond acceptors (Lipinski definition) is 3. The van der Waals surface area contributed by atoms with Crippen LogP contribution in [0.1, 0.15) is 32.3 Å². The zero-order valence-electron chi connectivity index (χ0n) is 11.3. The maximum atomic E-state index is 5.95. The fourth-order valence-corrected chi connectivity index (χ4v) is 2.58. The molecule has 0 amide bonds. The lowest BCUT2D eigenvalue weighted by molar-refractivity contribution is -0.101. The highest BCUT2D eigenvalue weighted by Gasteiger charge is 2.24. The van der Waals surface area contributed by atoms with Gasteiger partial charge in [0.25, 0.3) is 0 Å². The number of rotatable bonds is 4. The van der Waals surface area contributed by atoms with E-state index in [0.29, 0.717) is 18.3 Å². The van der Waals surface area contributed by atoms with Crippen molar-refractivity contribution in [1.82, 2.24) is 0 Å². The Kier molecular flexibility index (Phi) is 4.61. The van der Waals surface area contributed by atoms with Gasteiger partial charge in [-0.2, -0.15) is 0 Å². The molecule has 1 heterocycles. The van der Waals surface area contributed by atoms with Gasteiger partial charge in [0.05, 0.1) is 24.9 Å². The van der Waals surface area contributed by atoms with Gasteiger partial charge in [-0.15, -0.1) is 0 Å². The topological polar surface area (TPSA) is 44.5 Å². The lowest BCUT2D eigenvalue weighted by atomic mass is 10.0. The summed E-state index contributed by atoms with van der Waals surface area (Å²) in [5.41, 5.74) is 7.94. The molecule has 18 heavy (non-hydrogen) atoms. The van der Waals surface area contributed by atoms with Crippen LogP contribution in [0.3, 0.4) is 0 Å². The lowest BCUT2D eigenvalue weighted by Gasteiger charge is -2.32. The summed E-state index contributed by atoms with van der Waals surface area (Å²) in [6, 6.07) is 7.98. The Bertz CT molecular complexity index is 371. The second-order valence-electron chi connectivity index (χ2n) is 5.17. The van der Waals surface area contributed by atoms with Gasteiger partial charge in [0.15, 0.2) is 0 Å². The highest BCUT2D eigenvalue weighted by atomic mass is 16.5. The quantitative estimate of drug-likeness (QED) is 0.834. The molecule has 2 atom stereocenters. The van der Waals surface area contributed by atoms with Crippen molar-refractivity contribution in [3.8, 4) is 0 Å². The summed E-state index contributed by atoms with van der Waals surface area (Å²) in [5.74, 6) is 0. The molecule has 0 saturated carbocycles. The summed E-state index contributed by atoms with van der Waals surface area (Å²) in [7, 11) is 0. The molecule has 1 fully saturated rings. The fourth-order valence-electron chi connectivity index (χ4n) is 2.58. The third kappa shape index (κ3) is 3.72. The molecule has 2 rings (SSSR count).